The van der Waals surface area contributed by atoms with Gasteiger partial charge in [0, 0.05) is 11.4 Å². The molecule has 1 rings (SSSR count). The Labute approximate surface area is 92.7 Å². The largest absolute Gasteiger partial charge is 0.494 e. The van der Waals surface area contributed by atoms with Crippen LogP contribution in [0.2, 0.25) is 0 Å². The number of pyridine rings is 1. The smallest absolute Gasteiger partial charge is 0.304 e. The van der Waals surface area contributed by atoms with Crippen molar-refractivity contribution in [3.8, 4) is 5.75 Å². The van der Waals surface area contributed by atoms with Gasteiger partial charge in [-0.15, -0.1) is 0 Å². The lowest BCUT2D eigenvalue weighted by molar-refractivity contribution is -0.136. The molecular weight excluding hydrogens is 214 g/mol. The second-order valence-corrected chi connectivity index (χ2v) is 4.46. The van der Waals surface area contributed by atoms with E-state index in [2.05, 4.69) is 4.98 Å². The van der Waals surface area contributed by atoms with E-state index in [4.69, 9.17) is 9.84 Å². The van der Waals surface area contributed by atoms with E-state index in [1.54, 1.807) is 19.4 Å². The first-order chi connectivity index (χ1) is 7.13. The van der Waals surface area contributed by atoms with Gasteiger partial charge in [0.2, 0.25) is 0 Å². The molecular formula is C10H13NO3S. The zero-order valence-electron chi connectivity index (χ0n) is 8.64. The number of carboxylic acid groups (broad SMARTS) is 1. The van der Waals surface area contributed by atoms with Crippen molar-refractivity contribution in [3.05, 3.63) is 18.3 Å². The molecule has 1 aromatic heterocycles. The Kier molecular flexibility index (Phi) is 4.42. The van der Waals surface area contributed by atoms with Gasteiger partial charge in [-0.1, -0.05) is 18.7 Å². The third kappa shape index (κ3) is 3.79. The molecule has 1 atom stereocenters. The number of ether oxygens (including phenoxy) is 1. The van der Waals surface area contributed by atoms with Gasteiger partial charge in [0.25, 0.3) is 0 Å². The van der Waals surface area contributed by atoms with Crippen molar-refractivity contribution in [1.29, 1.82) is 0 Å². The van der Waals surface area contributed by atoms with Gasteiger partial charge in [-0.3, -0.25) is 4.79 Å². The Morgan fingerprint density at radius 3 is 3.07 bits per heavy atom. The Morgan fingerprint density at radius 1 is 1.73 bits per heavy atom. The van der Waals surface area contributed by atoms with Crippen LogP contribution < -0.4 is 4.74 Å². The molecule has 1 aromatic rings. The number of thioether (sulfide) groups is 1. The second-order valence-electron chi connectivity index (χ2n) is 3.04. The van der Waals surface area contributed by atoms with Gasteiger partial charge >= 0.3 is 5.97 Å². The van der Waals surface area contributed by atoms with E-state index in [0.717, 1.165) is 5.03 Å². The number of methoxy groups -OCH3 is 1. The van der Waals surface area contributed by atoms with E-state index < -0.39 is 5.97 Å². The highest BCUT2D eigenvalue weighted by atomic mass is 32.2. The minimum absolute atomic E-state index is 0.0219. The van der Waals surface area contributed by atoms with Crippen LogP contribution in [0, 0.1) is 0 Å². The normalized spacial score (nSPS) is 12.1. The molecule has 82 valence electrons. The summed E-state index contributed by atoms with van der Waals surface area (Å²) in [6.07, 6.45) is 1.78. The molecule has 0 fully saturated rings. The fourth-order valence-electron chi connectivity index (χ4n) is 1.10. The topological polar surface area (TPSA) is 59.4 Å². The van der Waals surface area contributed by atoms with E-state index in [1.165, 1.54) is 11.8 Å². The highest BCUT2D eigenvalue weighted by Crippen LogP contribution is 2.30. The number of nitrogens with zero attached hydrogens (tertiary/aromatic N) is 1. The summed E-state index contributed by atoms with van der Waals surface area (Å²) < 4.78 is 5.12. The molecule has 1 heterocycles. The molecule has 0 bridgehead atoms. The predicted molar refractivity (Wildman–Crippen MR) is 58.4 cm³/mol. The van der Waals surface area contributed by atoms with Crippen molar-refractivity contribution in [2.24, 2.45) is 0 Å². The Hall–Kier alpha value is -1.23. The quantitative estimate of drug-likeness (QED) is 0.780. The number of aromatic nitrogens is 1. The zero-order valence-corrected chi connectivity index (χ0v) is 9.45. The van der Waals surface area contributed by atoms with Crippen LogP contribution in [0.25, 0.3) is 0 Å². The summed E-state index contributed by atoms with van der Waals surface area (Å²) in [6.45, 7) is 1.85. The molecule has 1 unspecified atom stereocenters. The first kappa shape index (κ1) is 11.8. The summed E-state index contributed by atoms with van der Waals surface area (Å²) in [7, 11) is 1.57. The molecule has 1 N–H and O–H groups in total. The van der Waals surface area contributed by atoms with Crippen LogP contribution in [-0.4, -0.2) is 28.4 Å². The molecule has 0 aliphatic rings. The standard InChI is InChI=1S/C10H13NO3S/c1-7(6-9(12)13)15-10-8(14-2)4-3-5-11-10/h3-5,7H,6H2,1-2H3,(H,12,13). The lowest BCUT2D eigenvalue weighted by Gasteiger charge is -2.10. The van der Waals surface area contributed by atoms with E-state index in [1.807, 2.05) is 13.0 Å². The lowest BCUT2D eigenvalue weighted by atomic mass is 10.3. The van der Waals surface area contributed by atoms with E-state index in [9.17, 15) is 4.79 Å². The highest BCUT2D eigenvalue weighted by Gasteiger charge is 2.12. The Morgan fingerprint density at radius 2 is 2.47 bits per heavy atom. The summed E-state index contributed by atoms with van der Waals surface area (Å²) in [5.41, 5.74) is 0. The summed E-state index contributed by atoms with van der Waals surface area (Å²) >= 11 is 1.41. The van der Waals surface area contributed by atoms with Crippen LogP contribution in [0.4, 0.5) is 0 Å². The first-order valence-corrected chi connectivity index (χ1v) is 5.39. The number of aliphatic carboxylic acids is 1. The maximum Gasteiger partial charge on any atom is 0.304 e. The summed E-state index contributed by atoms with van der Waals surface area (Å²) in [6, 6.07) is 3.59. The number of hydrogen-bond acceptors (Lipinski definition) is 4. The Bertz CT molecular complexity index is 343. The van der Waals surface area contributed by atoms with Gasteiger partial charge in [0.05, 0.1) is 13.5 Å². The van der Waals surface area contributed by atoms with Crippen LogP contribution in [0.15, 0.2) is 23.4 Å². The molecule has 0 aromatic carbocycles. The van der Waals surface area contributed by atoms with Gasteiger partial charge < -0.3 is 9.84 Å². The van der Waals surface area contributed by atoms with E-state index >= 15 is 0 Å². The minimum Gasteiger partial charge on any atom is -0.494 e. The molecule has 4 nitrogen and oxygen atoms in total. The minimum atomic E-state index is -0.801. The van der Waals surface area contributed by atoms with Gasteiger partial charge in [-0.05, 0) is 12.1 Å². The molecule has 0 aliphatic heterocycles. The molecule has 0 amide bonds. The van der Waals surface area contributed by atoms with Crippen molar-refractivity contribution in [3.63, 3.8) is 0 Å². The molecule has 15 heavy (non-hydrogen) atoms. The lowest BCUT2D eigenvalue weighted by Crippen LogP contribution is -2.06. The van der Waals surface area contributed by atoms with Crippen molar-refractivity contribution >= 4 is 17.7 Å². The molecule has 0 radical (unpaired) electrons. The number of carboxylic acids is 1. The van der Waals surface area contributed by atoms with Crippen molar-refractivity contribution < 1.29 is 14.6 Å². The second kappa shape index (κ2) is 5.60. The van der Waals surface area contributed by atoms with Crippen molar-refractivity contribution in [2.75, 3.05) is 7.11 Å². The molecule has 0 spiro atoms. The third-order valence-corrected chi connectivity index (χ3v) is 2.83. The number of carbonyl (C=O) groups is 1. The fourth-order valence-corrected chi connectivity index (χ4v) is 2.09. The van der Waals surface area contributed by atoms with E-state index in [0.29, 0.717) is 5.75 Å². The van der Waals surface area contributed by atoms with Crippen LogP contribution >= 0.6 is 11.8 Å². The summed E-state index contributed by atoms with van der Waals surface area (Å²) in [5, 5.41) is 9.33. The molecule has 0 saturated heterocycles. The van der Waals surface area contributed by atoms with Gasteiger partial charge in [0.1, 0.15) is 5.03 Å². The zero-order chi connectivity index (χ0) is 11.3. The SMILES string of the molecule is COc1cccnc1SC(C)CC(=O)O. The van der Waals surface area contributed by atoms with Crippen LogP contribution in [0.3, 0.4) is 0 Å². The average Bonchev–Trinajstić information content (AvgIpc) is 2.17. The van der Waals surface area contributed by atoms with Crippen LogP contribution in [0.1, 0.15) is 13.3 Å². The van der Waals surface area contributed by atoms with Crippen LogP contribution in [0.5, 0.6) is 5.75 Å². The molecule has 0 aliphatic carbocycles. The molecule has 0 saturated carbocycles. The van der Waals surface area contributed by atoms with E-state index in [-0.39, 0.29) is 11.7 Å². The predicted octanol–water partition coefficient (Wildman–Crippen LogP) is 2.05. The van der Waals surface area contributed by atoms with Crippen LogP contribution in [-0.2, 0) is 4.79 Å². The number of hydrogen-bond donors (Lipinski definition) is 1. The maximum atomic E-state index is 10.5. The highest BCUT2D eigenvalue weighted by molar-refractivity contribution is 8.00. The maximum absolute atomic E-state index is 10.5. The summed E-state index contributed by atoms with van der Waals surface area (Å²) in [5.74, 6) is -0.121. The van der Waals surface area contributed by atoms with Gasteiger partial charge in [-0.25, -0.2) is 4.98 Å². The van der Waals surface area contributed by atoms with Gasteiger partial charge in [0.15, 0.2) is 5.75 Å². The van der Waals surface area contributed by atoms with Gasteiger partial charge in [-0.2, -0.15) is 0 Å². The summed E-state index contributed by atoms with van der Waals surface area (Å²) in [4.78, 5) is 14.6. The average molecular weight is 227 g/mol. The third-order valence-electron chi connectivity index (χ3n) is 1.73. The Balaban J connectivity index is 2.67. The monoisotopic (exact) mass is 227 g/mol. The fraction of sp³-hybridized carbons (Fsp3) is 0.400. The molecule has 5 heteroatoms. The number of rotatable bonds is 5. The van der Waals surface area contributed by atoms with Crippen molar-refractivity contribution in [1.82, 2.24) is 4.98 Å². The van der Waals surface area contributed by atoms with Crippen molar-refractivity contribution in [2.45, 2.75) is 23.6 Å². The first-order valence-electron chi connectivity index (χ1n) is 4.51.